The van der Waals surface area contributed by atoms with Crippen LogP contribution in [0.4, 0.5) is 5.13 Å². The Balaban J connectivity index is 1.88. The molecular formula is C16H19N3OS. The Morgan fingerprint density at radius 3 is 3.14 bits per heavy atom. The van der Waals surface area contributed by atoms with Crippen molar-refractivity contribution in [2.24, 2.45) is 5.73 Å². The van der Waals surface area contributed by atoms with Gasteiger partial charge in [0.2, 0.25) is 0 Å². The van der Waals surface area contributed by atoms with Gasteiger partial charge in [-0.15, -0.1) is 5.92 Å². The maximum Gasteiger partial charge on any atom is 0.184 e. The van der Waals surface area contributed by atoms with Crippen molar-refractivity contribution in [3.63, 3.8) is 0 Å². The summed E-state index contributed by atoms with van der Waals surface area (Å²) in [5.74, 6) is 7.09. The van der Waals surface area contributed by atoms with Crippen molar-refractivity contribution in [3.8, 4) is 17.6 Å². The predicted octanol–water partition coefficient (Wildman–Crippen LogP) is 2.77. The number of nitrogens with one attached hydrogen (secondary N) is 1. The summed E-state index contributed by atoms with van der Waals surface area (Å²) in [6.07, 6.45) is 1.74. The molecule has 0 aliphatic carbocycles. The van der Waals surface area contributed by atoms with Crippen LogP contribution in [-0.4, -0.2) is 23.7 Å². The van der Waals surface area contributed by atoms with E-state index >= 15 is 0 Å². The smallest absolute Gasteiger partial charge is 0.184 e. The van der Waals surface area contributed by atoms with Crippen molar-refractivity contribution in [2.45, 2.75) is 38.8 Å². The molecule has 0 fully saturated rings. The molecule has 0 spiro atoms. The third kappa shape index (κ3) is 2.97. The Kier molecular flexibility index (Phi) is 4.00. The predicted molar refractivity (Wildman–Crippen MR) is 87.9 cm³/mol. The third-order valence-electron chi connectivity index (χ3n) is 3.46. The van der Waals surface area contributed by atoms with Gasteiger partial charge in [0.05, 0.1) is 22.9 Å². The lowest BCUT2D eigenvalue weighted by atomic mass is 10.1. The molecule has 5 heteroatoms. The van der Waals surface area contributed by atoms with Gasteiger partial charge >= 0.3 is 0 Å². The summed E-state index contributed by atoms with van der Waals surface area (Å²) < 4.78 is 6.78. The van der Waals surface area contributed by atoms with Crippen LogP contribution < -0.4 is 15.8 Å². The first kappa shape index (κ1) is 14.2. The molecule has 2 atom stereocenters. The average Bonchev–Trinajstić information content (AvgIpc) is 3.02. The molecular weight excluding hydrogens is 282 g/mol. The molecule has 2 heterocycles. The lowest BCUT2D eigenvalue weighted by Gasteiger charge is -2.14. The number of nitrogens with zero attached hydrogens (tertiary/aromatic N) is 1. The second kappa shape index (κ2) is 5.92. The Morgan fingerprint density at radius 2 is 2.38 bits per heavy atom. The zero-order valence-electron chi connectivity index (χ0n) is 12.3. The molecule has 3 rings (SSSR count). The molecule has 1 aliphatic rings. The van der Waals surface area contributed by atoms with E-state index in [4.69, 9.17) is 15.5 Å². The number of nitrogens with two attached hydrogens (primary N) is 1. The van der Waals surface area contributed by atoms with Gasteiger partial charge in [0.25, 0.3) is 0 Å². The van der Waals surface area contributed by atoms with Crippen molar-refractivity contribution < 1.29 is 4.74 Å². The SMILES string of the molecule is CC#C[C@@H](C[C@@H](C)N)Nc1nc2c3c(ccc2s1)OCC3. The molecule has 0 saturated carbocycles. The van der Waals surface area contributed by atoms with E-state index in [0.29, 0.717) is 0 Å². The molecule has 21 heavy (non-hydrogen) atoms. The maximum absolute atomic E-state index is 5.88. The first-order valence-corrected chi connectivity index (χ1v) is 7.98. The van der Waals surface area contributed by atoms with Crippen LogP contribution in [0, 0.1) is 11.8 Å². The normalized spacial score (nSPS) is 15.8. The largest absolute Gasteiger partial charge is 0.493 e. The van der Waals surface area contributed by atoms with Gasteiger partial charge in [-0.1, -0.05) is 17.3 Å². The Hall–Kier alpha value is -1.77. The Morgan fingerprint density at radius 1 is 1.52 bits per heavy atom. The van der Waals surface area contributed by atoms with E-state index in [1.807, 2.05) is 19.9 Å². The fourth-order valence-corrected chi connectivity index (χ4v) is 3.53. The molecule has 0 bridgehead atoms. The van der Waals surface area contributed by atoms with E-state index in [0.717, 1.165) is 35.8 Å². The second-order valence-electron chi connectivity index (χ2n) is 5.31. The zero-order valence-corrected chi connectivity index (χ0v) is 13.1. The summed E-state index contributed by atoms with van der Waals surface area (Å²) in [6.45, 7) is 4.59. The van der Waals surface area contributed by atoms with Crippen LogP contribution in [0.2, 0.25) is 0 Å². The van der Waals surface area contributed by atoms with Crippen LogP contribution in [0.3, 0.4) is 0 Å². The summed E-state index contributed by atoms with van der Waals surface area (Å²) in [7, 11) is 0. The van der Waals surface area contributed by atoms with Gasteiger partial charge in [-0.3, -0.25) is 0 Å². The van der Waals surface area contributed by atoms with Gasteiger partial charge in [-0.2, -0.15) is 0 Å². The Labute approximate surface area is 128 Å². The molecule has 0 saturated heterocycles. The van der Waals surface area contributed by atoms with Gasteiger partial charge in [0.15, 0.2) is 5.13 Å². The second-order valence-corrected chi connectivity index (χ2v) is 6.34. The fraction of sp³-hybridized carbons (Fsp3) is 0.438. The lowest BCUT2D eigenvalue weighted by Crippen LogP contribution is -2.27. The van der Waals surface area contributed by atoms with Gasteiger partial charge < -0.3 is 15.8 Å². The summed E-state index contributed by atoms with van der Waals surface area (Å²) >= 11 is 1.66. The molecule has 1 aromatic heterocycles. The van der Waals surface area contributed by atoms with Gasteiger partial charge in [0, 0.05) is 18.0 Å². The highest BCUT2D eigenvalue weighted by Crippen LogP contribution is 2.36. The van der Waals surface area contributed by atoms with Crippen LogP contribution in [-0.2, 0) is 6.42 Å². The quantitative estimate of drug-likeness (QED) is 0.853. The maximum atomic E-state index is 5.88. The van der Waals surface area contributed by atoms with Crippen molar-refractivity contribution >= 4 is 26.7 Å². The standard InChI is InChI=1S/C16H19N3OS/c1-3-4-11(9-10(2)17)18-16-19-15-12-7-8-20-13(12)5-6-14(15)21-16/h5-6,10-11H,7-9,17H2,1-2H3,(H,18,19)/t10-,11+/m1/s1. The average molecular weight is 301 g/mol. The Bertz CT molecular complexity index is 711. The van der Waals surface area contributed by atoms with Crippen LogP contribution in [0.25, 0.3) is 10.2 Å². The molecule has 110 valence electrons. The highest BCUT2D eigenvalue weighted by molar-refractivity contribution is 7.22. The minimum atomic E-state index is 0.0415. The number of fused-ring (bicyclic) bond motifs is 3. The number of thiazole rings is 1. The van der Waals surface area contributed by atoms with Crippen molar-refractivity contribution in [3.05, 3.63) is 17.7 Å². The summed E-state index contributed by atoms with van der Waals surface area (Å²) in [6, 6.07) is 4.27. The van der Waals surface area contributed by atoms with E-state index in [2.05, 4.69) is 23.2 Å². The lowest BCUT2D eigenvalue weighted by molar-refractivity contribution is 0.357. The first-order chi connectivity index (χ1) is 10.2. The molecule has 4 nitrogen and oxygen atoms in total. The summed E-state index contributed by atoms with van der Waals surface area (Å²) in [4.78, 5) is 4.73. The van der Waals surface area contributed by atoms with E-state index in [9.17, 15) is 0 Å². The molecule has 3 N–H and O–H groups in total. The molecule has 0 amide bonds. The minimum absolute atomic E-state index is 0.0415. The van der Waals surface area contributed by atoms with Gasteiger partial charge in [-0.25, -0.2) is 4.98 Å². The van der Waals surface area contributed by atoms with Crippen molar-refractivity contribution in [1.82, 2.24) is 4.98 Å². The van der Waals surface area contributed by atoms with Crippen LogP contribution in [0.1, 0.15) is 25.8 Å². The molecule has 1 aliphatic heterocycles. The highest BCUT2D eigenvalue weighted by Gasteiger charge is 2.19. The molecule has 0 unspecified atom stereocenters. The van der Waals surface area contributed by atoms with E-state index in [1.165, 1.54) is 10.3 Å². The van der Waals surface area contributed by atoms with Crippen molar-refractivity contribution in [2.75, 3.05) is 11.9 Å². The number of hydrogen-bond acceptors (Lipinski definition) is 5. The van der Waals surface area contributed by atoms with E-state index in [-0.39, 0.29) is 12.1 Å². The number of hydrogen-bond donors (Lipinski definition) is 2. The van der Waals surface area contributed by atoms with Crippen LogP contribution in [0.15, 0.2) is 12.1 Å². The monoisotopic (exact) mass is 301 g/mol. The molecule has 2 aromatic rings. The van der Waals surface area contributed by atoms with Crippen LogP contribution in [0.5, 0.6) is 5.75 Å². The number of ether oxygens (including phenoxy) is 1. The van der Waals surface area contributed by atoms with Crippen LogP contribution >= 0.6 is 11.3 Å². The number of aromatic nitrogens is 1. The summed E-state index contributed by atoms with van der Waals surface area (Å²) in [5, 5.41) is 4.31. The number of anilines is 1. The van der Waals surface area contributed by atoms with Gasteiger partial charge in [0.1, 0.15) is 5.75 Å². The first-order valence-electron chi connectivity index (χ1n) is 7.17. The minimum Gasteiger partial charge on any atom is -0.493 e. The van der Waals surface area contributed by atoms with Crippen molar-refractivity contribution in [1.29, 1.82) is 0 Å². The highest BCUT2D eigenvalue weighted by atomic mass is 32.1. The summed E-state index contributed by atoms with van der Waals surface area (Å²) in [5.41, 5.74) is 8.17. The third-order valence-corrected chi connectivity index (χ3v) is 4.41. The van der Waals surface area contributed by atoms with E-state index in [1.54, 1.807) is 11.3 Å². The topological polar surface area (TPSA) is 60.2 Å². The number of rotatable bonds is 4. The van der Waals surface area contributed by atoms with Gasteiger partial charge in [-0.05, 0) is 32.4 Å². The fourth-order valence-electron chi connectivity index (χ4n) is 2.58. The van der Waals surface area contributed by atoms with E-state index < -0.39 is 0 Å². The number of benzene rings is 1. The zero-order chi connectivity index (χ0) is 14.8. The molecule has 0 radical (unpaired) electrons. The molecule has 1 aromatic carbocycles.